The van der Waals surface area contributed by atoms with Gasteiger partial charge in [0.15, 0.2) is 0 Å². The van der Waals surface area contributed by atoms with E-state index in [9.17, 15) is 9.90 Å². The van der Waals surface area contributed by atoms with Gasteiger partial charge >= 0.3 is 0 Å². The fourth-order valence-corrected chi connectivity index (χ4v) is 4.46. The molecule has 0 unspecified atom stereocenters. The highest BCUT2D eigenvalue weighted by Gasteiger charge is 2.51. The maximum Gasteiger partial charge on any atom is 0.136 e. The van der Waals surface area contributed by atoms with Crippen LogP contribution in [0.15, 0.2) is 12.2 Å². The monoisotopic (exact) mass is 264 g/mol. The Hall–Kier alpha value is -0.630. The van der Waals surface area contributed by atoms with Crippen LogP contribution in [0.1, 0.15) is 59.3 Å². The third-order valence-corrected chi connectivity index (χ3v) is 5.49. The molecule has 0 amide bonds. The summed E-state index contributed by atoms with van der Waals surface area (Å²) < 4.78 is 0. The van der Waals surface area contributed by atoms with Crippen LogP contribution in [-0.4, -0.2) is 17.0 Å². The molecule has 0 bridgehead atoms. The molecule has 2 saturated carbocycles. The third-order valence-electron chi connectivity index (χ3n) is 5.49. The Morgan fingerprint density at radius 2 is 2.16 bits per heavy atom. The lowest BCUT2D eigenvalue weighted by atomic mass is 9.62. The molecule has 0 spiro atoms. The minimum absolute atomic E-state index is 0.226. The number of carbonyl (C=O) groups excluding carboxylic acids is 1. The van der Waals surface area contributed by atoms with E-state index in [1.165, 1.54) is 12.8 Å². The largest absolute Gasteiger partial charge is 0.393 e. The fourth-order valence-electron chi connectivity index (χ4n) is 4.46. The summed E-state index contributed by atoms with van der Waals surface area (Å²) in [6, 6.07) is 0. The van der Waals surface area contributed by atoms with Gasteiger partial charge in [-0.05, 0) is 56.3 Å². The molecule has 2 rings (SSSR count). The van der Waals surface area contributed by atoms with Crippen LogP contribution >= 0.6 is 0 Å². The quantitative estimate of drug-likeness (QED) is 0.785. The molecule has 2 nitrogen and oxygen atoms in total. The molecule has 0 saturated heterocycles. The first-order valence-corrected chi connectivity index (χ1v) is 7.82. The summed E-state index contributed by atoms with van der Waals surface area (Å²) in [4.78, 5) is 12.1. The lowest BCUT2D eigenvalue weighted by molar-refractivity contribution is -0.129. The van der Waals surface area contributed by atoms with E-state index in [1.54, 1.807) is 0 Å². The van der Waals surface area contributed by atoms with E-state index in [0.29, 0.717) is 23.5 Å². The number of Topliss-reactive ketones (excluding diaryl/α,β-unsaturated/α-hetero) is 1. The van der Waals surface area contributed by atoms with Crippen LogP contribution in [0.4, 0.5) is 0 Å². The standard InChI is InChI=1S/C17H28O2/c1-12(6-4-7-13(2)18)14-9-10-15-16(19)8-5-11-17(14,15)3/h4,6,12-15,18H,5,7-11H2,1-3H3/b6-4+/t12-,13-,14+,15-,17+/m0/s1. The summed E-state index contributed by atoms with van der Waals surface area (Å²) in [5.74, 6) is 1.97. The smallest absolute Gasteiger partial charge is 0.136 e. The maximum absolute atomic E-state index is 12.1. The first-order chi connectivity index (χ1) is 8.95. The number of aliphatic hydroxyl groups excluding tert-OH is 1. The second-order valence-corrected chi connectivity index (χ2v) is 6.93. The van der Waals surface area contributed by atoms with Crippen molar-refractivity contribution in [3.05, 3.63) is 12.2 Å². The van der Waals surface area contributed by atoms with Crippen LogP contribution in [-0.2, 0) is 4.79 Å². The summed E-state index contributed by atoms with van der Waals surface area (Å²) in [5, 5.41) is 9.31. The van der Waals surface area contributed by atoms with Gasteiger partial charge in [-0.15, -0.1) is 0 Å². The predicted octanol–water partition coefficient (Wildman–Crippen LogP) is 3.74. The molecule has 5 atom stereocenters. The zero-order chi connectivity index (χ0) is 14.0. The van der Waals surface area contributed by atoms with E-state index >= 15 is 0 Å². The van der Waals surface area contributed by atoms with Gasteiger partial charge in [-0.3, -0.25) is 4.79 Å². The lowest BCUT2D eigenvalue weighted by Crippen LogP contribution is -2.39. The first-order valence-electron chi connectivity index (χ1n) is 7.82. The van der Waals surface area contributed by atoms with Crippen LogP contribution in [0.3, 0.4) is 0 Å². The Morgan fingerprint density at radius 1 is 1.42 bits per heavy atom. The van der Waals surface area contributed by atoms with Gasteiger partial charge in [-0.1, -0.05) is 26.0 Å². The van der Waals surface area contributed by atoms with Crippen LogP contribution in [0.2, 0.25) is 0 Å². The highest BCUT2D eigenvalue weighted by Crippen LogP contribution is 2.56. The van der Waals surface area contributed by atoms with E-state index in [2.05, 4.69) is 26.0 Å². The summed E-state index contributed by atoms with van der Waals surface area (Å²) in [7, 11) is 0. The molecule has 0 heterocycles. The molecule has 0 aromatic carbocycles. The highest BCUT2D eigenvalue weighted by atomic mass is 16.3. The molecular weight excluding hydrogens is 236 g/mol. The molecule has 2 aliphatic carbocycles. The van der Waals surface area contributed by atoms with Gasteiger partial charge in [-0.25, -0.2) is 0 Å². The van der Waals surface area contributed by atoms with Gasteiger partial charge in [0.2, 0.25) is 0 Å². The molecule has 19 heavy (non-hydrogen) atoms. The van der Waals surface area contributed by atoms with Crippen LogP contribution in [0.25, 0.3) is 0 Å². The number of carbonyl (C=O) groups is 1. The first kappa shape index (κ1) is 14.8. The number of ketones is 1. The minimum atomic E-state index is -0.258. The van der Waals surface area contributed by atoms with Gasteiger partial charge in [0, 0.05) is 12.3 Å². The van der Waals surface area contributed by atoms with E-state index in [0.717, 1.165) is 25.7 Å². The predicted molar refractivity (Wildman–Crippen MR) is 77.8 cm³/mol. The Morgan fingerprint density at radius 3 is 2.84 bits per heavy atom. The average Bonchev–Trinajstić information content (AvgIpc) is 2.67. The average molecular weight is 264 g/mol. The second-order valence-electron chi connectivity index (χ2n) is 6.93. The van der Waals surface area contributed by atoms with Gasteiger partial charge < -0.3 is 5.11 Å². The van der Waals surface area contributed by atoms with Crippen molar-refractivity contribution in [2.45, 2.75) is 65.4 Å². The van der Waals surface area contributed by atoms with Gasteiger partial charge in [0.05, 0.1) is 6.10 Å². The maximum atomic E-state index is 12.1. The van der Waals surface area contributed by atoms with Gasteiger partial charge in [0.25, 0.3) is 0 Å². The third kappa shape index (κ3) is 2.94. The number of hydrogen-bond acceptors (Lipinski definition) is 2. The second kappa shape index (κ2) is 5.78. The zero-order valence-corrected chi connectivity index (χ0v) is 12.6. The Labute approximate surface area is 117 Å². The van der Waals surface area contributed by atoms with Crippen molar-refractivity contribution in [3.8, 4) is 0 Å². The van der Waals surface area contributed by atoms with Gasteiger partial charge in [-0.2, -0.15) is 0 Å². The number of fused-ring (bicyclic) bond motifs is 1. The molecule has 0 radical (unpaired) electrons. The molecular formula is C17H28O2. The summed E-state index contributed by atoms with van der Waals surface area (Å²) in [5.41, 5.74) is 0.226. The van der Waals surface area contributed by atoms with Crippen molar-refractivity contribution >= 4 is 5.78 Å². The van der Waals surface area contributed by atoms with Crippen LogP contribution < -0.4 is 0 Å². The molecule has 1 N–H and O–H groups in total. The molecule has 0 aliphatic heterocycles. The SMILES string of the molecule is C[C@H](O)C/C=C/[C@H](C)[C@H]1CC[C@H]2C(=O)CCC[C@]12C. The van der Waals surface area contributed by atoms with Crippen molar-refractivity contribution in [1.82, 2.24) is 0 Å². The number of allylic oxidation sites excluding steroid dienone is 1. The van der Waals surface area contributed by atoms with E-state index in [-0.39, 0.29) is 11.5 Å². The summed E-state index contributed by atoms with van der Waals surface area (Å²) in [6.07, 6.45) is 10.2. The molecule has 0 aromatic rings. The molecule has 2 heteroatoms. The van der Waals surface area contributed by atoms with Crippen molar-refractivity contribution in [2.75, 3.05) is 0 Å². The van der Waals surface area contributed by atoms with Crippen molar-refractivity contribution in [3.63, 3.8) is 0 Å². The Kier molecular flexibility index (Phi) is 4.50. The zero-order valence-electron chi connectivity index (χ0n) is 12.6. The number of rotatable bonds is 4. The highest BCUT2D eigenvalue weighted by molar-refractivity contribution is 5.83. The topological polar surface area (TPSA) is 37.3 Å². The van der Waals surface area contributed by atoms with E-state index < -0.39 is 0 Å². The Bertz CT molecular complexity index is 358. The van der Waals surface area contributed by atoms with Crippen molar-refractivity contribution < 1.29 is 9.90 Å². The number of hydrogen-bond donors (Lipinski definition) is 1. The fraction of sp³-hybridized carbons (Fsp3) is 0.824. The van der Waals surface area contributed by atoms with Crippen LogP contribution in [0.5, 0.6) is 0 Å². The molecule has 2 fully saturated rings. The molecule has 0 aromatic heterocycles. The Balaban J connectivity index is 2.04. The molecule has 2 aliphatic rings. The lowest BCUT2D eigenvalue weighted by Gasteiger charge is -2.41. The normalized spacial score (nSPS) is 38.4. The summed E-state index contributed by atoms with van der Waals surface area (Å²) >= 11 is 0. The van der Waals surface area contributed by atoms with E-state index in [1.807, 2.05) is 6.92 Å². The van der Waals surface area contributed by atoms with E-state index in [4.69, 9.17) is 0 Å². The molecule has 108 valence electrons. The number of aliphatic hydroxyl groups is 1. The minimum Gasteiger partial charge on any atom is -0.393 e. The van der Waals surface area contributed by atoms with Gasteiger partial charge in [0.1, 0.15) is 5.78 Å². The van der Waals surface area contributed by atoms with Crippen LogP contribution in [0, 0.1) is 23.2 Å². The van der Waals surface area contributed by atoms with Crippen molar-refractivity contribution in [2.24, 2.45) is 23.2 Å². The summed E-state index contributed by atoms with van der Waals surface area (Å²) in [6.45, 7) is 6.43. The van der Waals surface area contributed by atoms with Crippen molar-refractivity contribution in [1.29, 1.82) is 0 Å².